The second-order valence-electron chi connectivity index (χ2n) is 6.47. The summed E-state index contributed by atoms with van der Waals surface area (Å²) in [5.74, 6) is 0.500. The SMILES string of the molecule is Cc1cc(NC(=O)C2CCCCC2)ccc1N1CCCC1=O. The highest BCUT2D eigenvalue weighted by atomic mass is 16.2. The van der Waals surface area contributed by atoms with Crippen LogP contribution >= 0.6 is 0 Å². The first kappa shape index (κ1) is 15.1. The quantitative estimate of drug-likeness (QED) is 0.926. The number of rotatable bonds is 3. The van der Waals surface area contributed by atoms with E-state index in [0.29, 0.717) is 6.42 Å². The third-order valence-corrected chi connectivity index (χ3v) is 4.80. The summed E-state index contributed by atoms with van der Waals surface area (Å²) < 4.78 is 0. The zero-order valence-electron chi connectivity index (χ0n) is 13.2. The van der Waals surface area contributed by atoms with Crippen molar-refractivity contribution in [1.29, 1.82) is 0 Å². The topological polar surface area (TPSA) is 49.4 Å². The van der Waals surface area contributed by atoms with Gasteiger partial charge in [-0.15, -0.1) is 0 Å². The van der Waals surface area contributed by atoms with Crippen molar-refractivity contribution < 1.29 is 9.59 Å². The summed E-state index contributed by atoms with van der Waals surface area (Å²) in [6.45, 7) is 2.80. The van der Waals surface area contributed by atoms with E-state index in [9.17, 15) is 9.59 Å². The average molecular weight is 300 g/mol. The molecule has 0 spiro atoms. The van der Waals surface area contributed by atoms with Crippen LogP contribution in [0.3, 0.4) is 0 Å². The number of carbonyl (C=O) groups is 2. The van der Waals surface area contributed by atoms with Gasteiger partial charge in [0.05, 0.1) is 0 Å². The highest BCUT2D eigenvalue weighted by Gasteiger charge is 2.24. The standard InChI is InChI=1S/C18H24N2O2/c1-13-12-15(19-18(22)14-6-3-2-4-7-14)9-10-16(13)20-11-5-8-17(20)21/h9-10,12,14H,2-8,11H2,1H3,(H,19,22). The molecule has 2 aliphatic rings. The zero-order chi connectivity index (χ0) is 15.5. The van der Waals surface area contributed by atoms with Gasteiger partial charge in [0.25, 0.3) is 0 Å². The maximum atomic E-state index is 12.3. The zero-order valence-corrected chi connectivity index (χ0v) is 13.2. The fourth-order valence-corrected chi connectivity index (χ4v) is 3.55. The predicted molar refractivity (Wildman–Crippen MR) is 88.0 cm³/mol. The number of benzene rings is 1. The minimum Gasteiger partial charge on any atom is -0.326 e. The molecule has 1 aromatic rings. The Morgan fingerprint density at radius 2 is 1.95 bits per heavy atom. The highest BCUT2D eigenvalue weighted by molar-refractivity contribution is 5.97. The van der Waals surface area contributed by atoms with Gasteiger partial charge in [0.2, 0.25) is 11.8 Å². The normalized spacial score (nSPS) is 19.5. The average Bonchev–Trinajstić information content (AvgIpc) is 2.94. The van der Waals surface area contributed by atoms with E-state index in [0.717, 1.165) is 55.6 Å². The molecule has 1 aromatic carbocycles. The number of nitrogens with one attached hydrogen (secondary N) is 1. The lowest BCUT2D eigenvalue weighted by molar-refractivity contribution is -0.120. The van der Waals surface area contributed by atoms with Crippen LogP contribution in [0.5, 0.6) is 0 Å². The molecule has 3 rings (SSSR count). The molecule has 22 heavy (non-hydrogen) atoms. The third-order valence-electron chi connectivity index (χ3n) is 4.80. The van der Waals surface area contributed by atoms with Crippen molar-refractivity contribution in [3.8, 4) is 0 Å². The number of aryl methyl sites for hydroxylation is 1. The number of hydrogen-bond acceptors (Lipinski definition) is 2. The molecule has 0 aromatic heterocycles. The number of anilines is 2. The van der Waals surface area contributed by atoms with Crippen LogP contribution in [0, 0.1) is 12.8 Å². The lowest BCUT2D eigenvalue weighted by atomic mass is 9.88. The Labute approximate surface area is 131 Å². The molecule has 1 aliphatic heterocycles. The van der Waals surface area contributed by atoms with Crippen LogP contribution < -0.4 is 10.2 Å². The van der Waals surface area contributed by atoms with Crippen molar-refractivity contribution in [2.24, 2.45) is 5.92 Å². The fourth-order valence-electron chi connectivity index (χ4n) is 3.55. The molecule has 1 aliphatic carbocycles. The van der Waals surface area contributed by atoms with E-state index in [2.05, 4.69) is 5.32 Å². The molecule has 1 N–H and O–H groups in total. The van der Waals surface area contributed by atoms with Crippen molar-refractivity contribution in [1.82, 2.24) is 0 Å². The summed E-state index contributed by atoms with van der Waals surface area (Å²) >= 11 is 0. The molecule has 118 valence electrons. The molecule has 0 unspecified atom stereocenters. The van der Waals surface area contributed by atoms with Gasteiger partial charge in [-0.2, -0.15) is 0 Å². The second-order valence-corrected chi connectivity index (χ2v) is 6.47. The van der Waals surface area contributed by atoms with Crippen LogP contribution in [0.15, 0.2) is 18.2 Å². The maximum absolute atomic E-state index is 12.3. The van der Waals surface area contributed by atoms with E-state index in [1.165, 1.54) is 6.42 Å². The fraction of sp³-hybridized carbons (Fsp3) is 0.556. The van der Waals surface area contributed by atoms with Crippen LogP contribution in [0.4, 0.5) is 11.4 Å². The summed E-state index contributed by atoms with van der Waals surface area (Å²) in [6, 6.07) is 5.84. The molecule has 0 radical (unpaired) electrons. The van der Waals surface area contributed by atoms with Crippen molar-refractivity contribution in [2.45, 2.75) is 51.9 Å². The molecule has 1 saturated heterocycles. The molecule has 1 heterocycles. The van der Waals surface area contributed by atoms with E-state index in [1.54, 1.807) is 0 Å². The van der Waals surface area contributed by atoms with Crippen LogP contribution in [0.2, 0.25) is 0 Å². The van der Waals surface area contributed by atoms with Crippen LogP contribution in [-0.4, -0.2) is 18.4 Å². The van der Waals surface area contributed by atoms with Gasteiger partial charge in [-0.05, 0) is 49.9 Å². The van der Waals surface area contributed by atoms with Crippen molar-refractivity contribution >= 4 is 23.2 Å². The molecule has 2 amide bonds. The lowest BCUT2D eigenvalue weighted by Crippen LogP contribution is -2.26. The number of carbonyl (C=O) groups excluding carboxylic acids is 2. The maximum Gasteiger partial charge on any atom is 0.227 e. The van der Waals surface area contributed by atoms with Gasteiger partial charge in [0, 0.05) is 30.3 Å². The third kappa shape index (κ3) is 3.16. The summed E-state index contributed by atoms with van der Waals surface area (Å²) in [6.07, 6.45) is 7.15. The van der Waals surface area contributed by atoms with Gasteiger partial charge in [-0.25, -0.2) is 0 Å². The van der Waals surface area contributed by atoms with E-state index >= 15 is 0 Å². The number of hydrogen-bond donors (Lipinski definition) is 1. The monoisotopic (exact) mass is 300 g/mol. The largest absolute Gasteiger partial charge is 0.326 e. The Bertz CT molecular complexity index is 576. The van der Waals surface area contributed by atoms with Gasteiger partial charge in [-0.1, -0.05) is 19.3 Å². The van der Waals surface area contributed by atoms with Crippen molar-refractivity contribution in [3.05, 3.63) is 23.8 Å². The van der Waals surface area contributed by atoms with Crippen LogP contribution in [0.25, 0.3) is 0 Å². The Hall–Kier alpha value is -1.84. The first-order valence-corrected chi connectivity index (χ1v) is 8.37. The van der Waals surface area contributed by atoms with Gasteiger partial charge in [-0.3, -0.25) is 9.59 Å². The van der Waals surface area contributed by atoms with Gasteiger partial charge in [0.1, 0.15) is 0 Å². The minimum atomic E-state index is 0.143. The molecule has 4 nitrogen and oxygen atoms in total. The Morgan fingerprint density at radius 1 is 1.18 bits per heavy atom. The van der Waals surface area contributed by atoms with Gasteiger partial charge in [0.15, 0.2) is 0 Å². The van der Waals surface area contributed by atoms with E-state index in [1.807, 2.05) is 30.0 Å². The molecular weight excluding hydrogens is 276 g/mol. The molecule has 0 atom stereocenters. The van der Waals surface area contributed by atoms with Crippen molar-refractivity contribution in [3.63, 3.8) is 0 Å². The summed E-state index contributed by atoms with van der Waals surface area (Å²) in [5, 5.41) is 3.04. The van der Waals surface area contributed by atoms with Gasteiger partial charge < -0.3 is 10.2 Å². The molecular formula is C18H24N2O2. The van der Waals surface area contributed by atoms with E-state index in [4.69, 9.17) is 0 Å². The molecule has 4 heteroatoms. The Kier molecular flexibility index (Phi) is 4.46. The van der Waals surface area contributed by atoms with E-state index in [-0.39, 0.29) is 17.7 Å². The number of nitrogens with zero attached hydrogens (tertiary/aromatic N) is 1. The first-order valence-electron chi connectivity index (χ1n) is 8.37. The summed E-state index contributed by atoms with van der Waals surface area (Å²) in [4.78, 5) is 26.0. The second kappa shape index (κ2) is 6.51. The summed E-state index contributed by atoms with van der Waals surface area (Å²) in [5.41, 5.74) is 2.85. The Balaban J connectivity index is 1.69. The lowest BCUT2D eigenvalue weighted by Gasteiger charge is -2.22. The molecule has 0 bridgehead atoms. The predicted octanol–water partition coefficient (Wildman–Crippen LogP) is 3.64. The Morgan fingerprint density at radius 3 is 2.59 bits per heavy atom. The highest BCUT2D eigenvalue weighted by Crippen LogP contribution is 2.29. The number of amides is 2. The van der Waals surface area contributed by atoms with Crippen LogP contribution in [0.1, 0.15) is 50.5 Å². The summed E-state index contributed by atoms with van der Waals surface area (Å²) in [7, 11) is 0. The molecule has 2 fully saturated rings. The molecule has 1 saturated carbocycles. The minimum absolute atomic E-state index is 0.143. The van der Waals surface area contributed by atoms with E-state index < -0.39 is 0 Å². The first-order chi connectivity index (χ1) is 10.6. The van der Waals surface area contributed by atoms with Crippen LogP contribution in [-0.2, 0) is 9.59 Å². The van der Waals surface area contributed by atoms with Crippen molar-refractivity contribution in [2.75, 3.05) is 16.8 Å². The smallest absolute Gasteiger partial charge is 0.227 e. The van der Waals surface area contributed by atoms with Gasteiger partial charge >= 0.3 is 0 Å².